The Bertz CT molecular complexity index is 1210. The zero-order chi connectivity index (χ0) is 30.4. The highest BCUT2D eigenvalue weighted by molar-refractivity contribution is 5.82. The minimum atomic E-state index is -4.42. The summed E-state index contributed by atoms with van der Waals surface area (Å²) in [6.07, 6.45) is 5.43. The number of rotatable bonds is 18. The third-order valence-electron chi connectivity index (χ3n) is 7.76. The summed E-state index contributed by atoms with van der Waals surface area (Å²) in [5, 5.41) is 9.16. The number of nitrogens with zero attached hydrogens (tertiary/aromatic N) is 1. The second kappa shape index (κ2) is 17.1. The lowest BCUT2D eigenvalue weighted by Gasteiger charge is -2.22. The molecule has 2 unspecified atom stereocenters. The predicted octanol–water partition coefficient (Wildman–Crippen LogP) is 10.0. The van der Waals surface area contributed by atoms with Gasteiger partial charge in [0.15, 0.2) is 6.10 Å². The van der Waals surface area contributed by atoms with Gasteiger partial charge in [-0.15, -0.1) is 0 Å². The Hall–Kier alpha value is -3.19. The number of ether oxygens (including phenoxy) is 1. The number of aryl methyl sites for hydroxylation is 1. The molecule has 1 N–H and O–H groups in total. The molecule has 0 amide bonds. The fourth-order valence-electron chi connectivity index (χ4n) is 5.20. The molecule has 3 rings (SSSR count). The van der Waals surface area contributed by atoms with Gasteiger partial charge >= 0.3 is 12.1 Å². The molecular weight excluding hydrogens is 539 g/mol. The smallest absolute Gasteiger partial charge is 0.414 e. The van der Waals surface area contributed by atoms with Gasteiger partial charge in [0.25, 0.3) is 0 Å². The van der Waals surface area contributed by atoms with E-state index >= 15 is 0 Å². The number of carbonyl (C=O) groups is 1. The Morgan fingerprint density at radius 1 is 0.905 bits per heavy atom. The van der Waals surface area contributed by atoms with Crippen LogP contribution in [0.4, 0.5) is 13.2 Å². The second-order valence-electron chi connectivity index (χ2n) is 11.1. The fourth-order valence-corrected chi connectivity index (χ4v) is 5.20. The van der Waals surface area contributed by atoms with Gasteiger partial charge in [-0.05, 0) is 79.3 Å². The lowest BCUT2D eigenvalue weighted by molar-refractivity contribution is -0.214. The number of hydrogen-bond acceptors (Lipinski definition) is 3. The van der Waals surface area contributed by atoms with Crippen molar-refractivity contribution in [2.45, 2.75) is 103 Å². The molecule has 228 valence electrons. The van der Waals surface area contributed by atoms with Crippen molar-refractivity contribution < 1.29 is 27.8 Å². The molecule has 0 aliphatic rings. The highest BCUT2D eigenvalue weighted by Gasteiger charge is 2.36. The molecule has 0 bridgehead atoms. The molecule has 4 nitrogen and oxygen atoms in total. The maximum absolute atomic E-state index is 13.0. The van der Waals surface area contributed by atoms with E-state index in [0.29, 0.717) is 19.3 Å². The first kappa shape index (κ1) is 33.3. The minimum absolute atomic E-state index is 0.00683. The number of aromatic nitrogens is 1. The standard InChI is InChI=1S/C35H44F3NO3/c1-3-4-5-6-7-9-13-27-18-21-33(39-25-27)32-24-30(19-20-31(32)29-14-10-8-11-15-29)28(16-12-17-34(40)41)22-23-42-26(2)35(36,37)38/h8,10-11,14-15,18-21,24-26,28H,3-7,9,12-13,16-17,22-23H2,1-2H3,(H,40,41). The molecule has 3 aromatic rings. The lowest BCUT2D eigenvalue weighted by atomic mass is 9.86. The largest absolute Gasteiger partial charge is 0.481 e. The van der Waals surface area contributed by atoms with Crippen LogP contribution in [0.3, 0.4) is 0 Å². The molecule has 2 atom stereocenters. The first-order valence-corrected chi connectivity index (χ1v) is 15.2. The Balaban J connectivity index is 1.85. The van der Waals surface area contributed by atoms with Gasteiger partial charge in [-0.1, -0.05) is 87.6 Å². The van der Waals surface area contributed by atoms with Crippen LogP contribution < -0.4 is 0 Å². The van der Waals surface area contributed by atoms with Crippen LogP contribution in [-0.4, -0.2) is 34.9 Å². The van der Waals surface area contributed by atoms with Crippen LogP contribution in [0.5, 0.6) is 0 Å². The fraction of sp³-hybridized carbons (Fsp3) is 0.486. The summed E-state index contributed by atoms with van der Waals surface area (Å²) in [6, 6.07) is 20.3. The number of unbranched alkanes of at least 4 members (excludes halogenated alkanes) is 5. The van der Waals surface area contributed by atoms with Gasteiger partial charge < -0.3 is 9.84 Å². The molecular formula is C35H44F3NO3. The molecule has 0 aliphatic carbocycles. The first-order valence-electron chi connectivity index (χ1n) is 15.2. The molecule has 42 heavy (non-hydrogen) atoms. The van der Waals surface area contributed by atoms with Crippen molar-refractivity contribution in [2.75, 3.05) is 6.61 Å². The number of pyridine rings is 1. The summed E-state index contributed by atoms with van der Waals surface area (Å²) in [4.78, 5) is 16.0. The summed E-state index contributed by atoms with van der Waals surface area (Å²) in [7, 11) is 0. The van der Waals surface area contributed by atoms with E-state index in [4.69, 9.17) is 14.8 Å². The summed E-state index contributed by atoms with van der Waals surface area (Å²) < 4.78 is 44.1. The van der Waals surface area contributed by atoms with Crippen LogP contribution in [0.15, 0.2) is 66.9 Å². The van der Waals surface area contributed by atoms with Crippen LogP contribution >= 0.6 is 0 Å². The highest BCUT2D eigenvalue weighted by atomic mass is 19.4. The SMILES string of the molecule is CCCCCCCCc1ccc(-c2cc(C(CCCC(=O)O)CCOC(C)C(F)(F)F)ccc2-c2ccccc2)nc1. The highest BCUT2D eigenvalue weighted by Crippen LogP contribution is 2.36. The number of carboxylic acid groups (broad SMARTS) is 1. The van der Waals surface area contributed by atoms with E-state index in [2.05, 4.69) is 19.1 Å². The molecule has 2 aromatic carbocycles. The van der Waals surface area contributed by atoms with Crippen molar-refractivity contribution in [2.24, 2.45) is 0 Å². The summed E-state index contributed by atoms with van der Waals surface area (Å²) in [5.74, 6) is -1.04. The van der Waals surface area contributed by atoms with Crippen LogP contribution in [0.2, 0.25) is 0 Å². The number of benzene rings is 2. The van der Waals surface area contributed by atoms with Crippen molar-refractivity contribution in [1.29, 1.82) is 0 Å². The zero-order valence-corrected chi connectivity index (χ0v) is 24.8. The average molecular weight is 584 g/mol. The monoisotopic (exact) mass is 583 g/mol. The zero-order valence-electron chi connectivity index (χ0n) is 24.8. The van der Waals surface area contributed by atoms with E-state index in [1.54, 1.807) is 0 Å². The average Bonchev–Trinajstić information content (AvgIpc) is 2.98. The van der Waals surface area contributed by atoms with Crippen molar-refractivity contribution in [1.82, 2.24) is 4.98 Å². The molecule has 0 spiro atoms. The molecule has 0 saturated carbocycles. The van der Waals surface area contributed by atoms with Crippen molar-refractivity contribution in [3.8, 4) is 22.4 Å². The Morgan fingerprint density at radius 2 is 1.64 bits per heavy atom. The maximum Gasteiger partial charge on any atom is 0.414 e. The van der Waals surface area contributed by atoms with E-state index in [1.165, 1.54) is 37.7 Å². The number of halogens is 3. The summed E-state index contributed by atoms with van der Waals surface area (Å²) in [5.41, 5.74) is 5.97. The number of hydrogen-bond donors (Lipinski definition) is 1. The van der Waals surface area contributed by atoms with Gasteiger partial charge in [0.2, 0.25) is 0 Å². The topological polar surface area (TPSA) is 59.4 Å². The lowest BCUT2D eigenvalue weighted by Crippen LogP contribution is -2.29. The van der Waals surface area contributed by atoms with Gasteiger partial charge in [0, 0.05) is 24.8 Å². The van der Waals surface area contributed by atoms with Gasteiger partial charge in [-0.2, -0.15) is 13.2 Å². The first-order chi connectivity index (χ1) is 20.2. The van der Waals surface area contributed by atoms with Crippen molar-refractivity contribution in [3.63, 3.8) is 0 Å². The van der Waals surface area contributed by atoms with Gasteiger partial charge in [-0.25, -0.2) is 0 Å². The molecule has 1 aromatic heterocycles. The van der Waals surface area contributed by atoms with E-state index in [0.717, 1.165) is 47.7 Å². The van der Waals surface area contributed by atoms with Gasteiger partial charge in [0.05, 0.1) is 5.69 Å². The van der Waals surface area contributed by atoms with E-state index in [-0.39, 0.29) is 18.9 Å². The maximum atomic E-state index is 13.0. The van der Waals surface area contributed by atoms with Gasteiger partial charge in [-0.3, -0.25) is 9.78 Å². The molecule has 0 radical (unpaired) electrons. The number of aliphatic carboxylic acids is 1. The molecule has 0 saturated heterocycles. The van der Waals surface area contributed by atoms with Crippen LogP contribution in [0, 0.1) is 0 Å². The normalized spacial score (nSPS) is 13.2. The number of carboxylic acids is 1. The van der Waals surface area contributed by atoms with Crippen LogP contribution in [0.25, 0.3) is 22.4 Å². The Kier molecular flexibility index (Phi) is 13.5. The minimum Gasteiger partial charge on any atom is -0.481 e. The Labute approximate surface area is 248 Å². The van der Waals surface area contributed by atoms with Crippen LogP contribution in [0.1, 0.15) is 95.1 Å². The second-order valence-corrected chi connectivity index (χ2v) is 11.1. The summed E-state index contributed by atoms with van der Waals surface area (Å²) in [6.45, 7) is 3.16. The number of alkyl halides is 3. The van der Waals surface area contributed by atoms with E-state index in [1.807, 2.05) is 54.7 Å². The van der Waals surface area contributed by atoms with E-state index < -0.39 is 18.2 Å². The van der Waals surface area contributed by atoms with Gasteiger partial charge in [0.1, 0.15) is 0 Å². The predicted molar refractivity (Wildman–Crippen MR) is 163 cm³/mol. The third-order valence-corrected chi connectivity index (χ3v) is 7.76. The van der Waals surface area contributed by atoms with E-state index in [9.17, 15) is 18.0 Å². The third kappa shape index (κ3) is 10.9. The van der Waals surface area contributed by atoms with Crippen molar-refractivity contribution in [3.05, 3.63) is 78.0 Å². The molecule has 7 heteroatoms. The molecule has 0 aliphatic heterocycles. The Morgan fingerprint density at radius 3 is 2.31 bits per heavy atom. The molecule has 0 fully saturated rings. The quantitative estimate of drug-likeness (QED) is 0.151. The molecule has 1 heterocycles. The summed E-state index contributed by atoms with van der Waals surface area (Å²) >= 11 is 0. The van der Waals surface area contributed by atoms with Crippen LogP contribution in [-0.2, 0) is 16.0 Å². The van der Waals surface area contributed by atoms with Crippen molar-refractivity contribution >= 4 is 5.97 Å².